The van der Waals surface area contributed by atoms with Crippen LogP contribution in [-0.4, -0.2) is 28.1 Å². The number of hydrogen-bond donors (Lipinski definition) is 3. The standard InChI is InChI=1S/C14H18N4O2S/c1-9(2)15-12(21)17-18-11(19)14(3,16-13(18)20)10-7-5-4-6-8-10/h4-9H,1-3H3,(H,16,20)(H2,15,17,21)/t14-/m0/s1. The van der Waals surface area contributed by atoms with Gasteiger partial charge in [-0.15, -0.1) is 0 Å². The summed E-state index contributed by atoms with van der Waals surface area (Å²) < 4.78 is 0. The van der Waals surface area contributed by atoms with Gasteiger partial charge in [0, 0.05) is 6.04 Å². The van der Waals surface area contributed by atoms with Gasteiger partial charge in [-0.1, -0.05) is 30.3 Å². The topological polar surface area (TPSA) is 73.5 Å². The van der Waals surface area contributed by atoms with Crippen LogP contribution in [0.3, 0.4) is 0 Å². The van der Waals surface area contributed by atoms with Crippen molar-refractivity contribution in [2.24, 2.45) is 0 Å². The Balaban J connectivity index is 2.19. The van der Waals surface area contributed by atoms with Crippen molar-refractivity contribution in [1.29, 1.82) is 0 Å². The largest absolute Gasteiger partial charge is 0.359 e. The van der Waals surface area contributed by atoms with Gasteiger partial charge < -0.3 is 10.6 Å². The van der Waals surface area contributed by atoms with Crippen LogP contribution in [0.2, 0.25) is 0 Å². The second-order valence-corrected chi connectivity index (χ2v) is 5.71. The molecule has 0 unspecified atom stereocenters. The average Bonchev–Trinajstić information content (AvgIpc) is 2.64. The Morgan fingerprint density at radius 2 is 1.90 bits per heavy atom. The summed E-state index contributed by atoms with van der Waals surface area (Å²) in [5.41, 5.74) is 2.25. The maximum atomic E-state index is 12.6. The van der Waals surface area contributed by atoms with E-state index in [0.717, 1.165) is 10.6 Å². The molecule has 2 rings (SSSR count). The van der Waals surface area contributed by atoms with Crippen molar-refractivity contribution < 1.29 is 9.59 Å². The molecule has 3 amide bonds. The summed E-state index contributed by atoms with van der Waals surface area (Å²) in [4.78, 5) is 24.6. The van der Waals surface area contributed by atoms with E-state index in [0.29, 0.717) is 0 Å². The molecule has 1 saturated heterocycles. The second-order valence-electron chi connectivity index (χ2n) is 5.30. The Labute approximate surface area is 128 Å². The number of rotatable bonds is 3. The first-order valence-corrected chi connectivity index (χ1v) is 7.05. The van der Waals surface area contributed by atoms with Crippen LogP contribution in [0.4, 0.5) is 4.79 Å². The van der Waals surface area contributed by atoms with Crippen molar-refractivity contribution in [3.8, 4) is 0 Å². The minimum absolute atomic E-state index is 0.103. The zero-order chi connectivity index (χ0) is 15.6. The number of imide groups is 1. The van der Waals surface area contributed by atoms with E-state index in [2.05, 4.69) is 16.1 Å². The fourth-order valence-electron chi connectivity index (χ4n) is 2.10. The second kappa shape index (κ2) is 5.69. The Morgan fingerprint density at radius 1 is 1.29 bits per heavy atom. The lowest BCUT2D eigenvalue weighted by Gasteiger charge is -2.23. The van der Waals surface area contributed by atoms with Crippen molar-refractivity contribution in [3.63, 3.8) is 0 Å². The SMILES string of the molecule is CC(C)NC(=S)NN1C(=O)N[C@@](C)(c2ccccc2)C1=O. The van der Waals surface area contributed by atoms with Crippen LogP contribution in [-0.2, 0) is 10.3 Å². The normalized spacial score (nSPS) is 21.4. The van der Waals surface area contributed by atoms with Crippen molar-refractivity contribution in [2.45, 2.75) is 32.4 Å². The summed E-state index contributed by atoms with van der Waals surface area (Å²) in [5, 5.41) is 6.75. The smallest absolute Gasteiger partial charge is 0.344 e. The molecule has 0 saturated carbocycles. The Hall–Kier alpha value is -2.15. The number of carbonyl (C=O) groups is 2. The number of hydrazine groups is 1. The number of benzene rings is 1. The first kappa shape index (κ1) is 15.2. The van der Waals surface area contributed by atoms with E-state index in [9.17, 15) is 9.59 Å². The average molecular weight is 306 g/mol. The van der Waals surface area contributed by atoms with Crippen LogP contribution in [0.25, 0.3) is 0 Å². The molecule has 0 bridgehead atoms. The number of thiocarbonyl (C=S) groups is 1. The molecule has 1 atom stereocenters. The minimum atomic E-state index is -1.10. The molecule has 0 spiro atoms. The number of carbonyl (C=O) groups excluding carboxylic acids is 2. The summed E-state index contributed by atoms with van der Waals surface area (Å²) >= 11 is 5.07. The molecular formula is C14H18N4O2S. The summed E-state index contributed by atoms with van der Waals surface area (Å²) in [6.07, 6.45) is 0. The van der Waals surface area contributed by atoms with E-state index < -0.39 is 17.5 Å². The van der Waals surface area contributed by atoms with Crippen LogP contribution in [0.1, 0.15) is 26.3 Å². The van der Waals surface area contributed by atoms with Crippen LogP contribution in [0.15, 0.2) is 30.3 Å². The third-order valence-corrected chi connectivity index (χ3v) is 3.38. The monoisotopic (exact) mass is 306 g/mol. The molecule has 0 radical (unpaired) electrons. The van der Waals surface area contributed by atoms with E-state index in [1.165, 1.54) is 0 Å². The van der Waals surface area contributed by atoms with Crippen LogP contribution < -0.4 is 16.1 Å². The van der Waals surface area contributed by atoms with Gasteiger partial charge in [0.2, 0.25) is 0 Å². The molecule has 0 aliphatic carbocycles. The fraction of sp³-hybridized carbons (Fsp3) is 0.357. The summed E-state index contributed by atoms with van der Waals surface area (Å²) in [6.45, 7) is 5.49. The lowest BCUT2D eigenvalue weighted by atomic mass is 9.92. The maximum absolute atomic E-state index is 12.6. The van der Waals surface area contributed by atoms with Gasteiger partial charge in [-0.05, 0) is 38.6 Å². The number of nitrogens with one attached hydrogen (secondary N) is 3. The zero-order valence-corrected chi connectivity index (χ0v) is 13.0. The number of urea groups is 1. The van der Waals surface area contributed by atoms with Crippen molar-refractivity contribution in [2.75, 3.05) is 0 Å². The molecule has 1 aromatic rings. The highest BCUT2D eigenvalue weighted by atomic mass is 32.1. The molecule has 0 aromatic heterocycles. The Morgan fingerprint density at radius 3 is 2.48 bits per heavy atom. The predicted molar refractivity (Wildman–Crippen MR) is 83.2 cm³/mol. The van der Waals surface area contributed by atoms with E-state index >= 15 is 0 Å². The van der Waals surface area contributed by atoms with Crippen molar-refractivity contribution >= 4 is 29.3 Å². The molecule has 21 heavy (non-hydrogen) atoms. The van der Waals surface area contributed by atoms with E-state index in [1.54, 1.807) is 19.1 Å². The van der Waals surface area contributed by atoms with Crippen LogP contribution >= 0.6 is 12.2 Å². The van der Waals surface area contributed by atoms with E-state index in [1.807, 2.05) is 32.0 Å². The maximum Gasteiger partial charge on any atom is 0.344 e. The Bertz CT molecular complexity index is 576. The molecule has 3 N–H and O–H groups in total. The molecule has 1 heterocycles. The highest BCUT2D eigenvalue weighted by Gasteiger charge is 2.49. The fourth-order valence-corrected chi connectivity index (χ4v) is 2.43. The first-order valence-electron chi connectivity index (χ1n) is 6.64. The first-order chi connectivity index (χ1) is 9.84. The van der Waals surface area contributed by atoms with Crippen molar-refractivity contribution in [3.05, 3.63) is 35.9 Å². The number of hydrogen-bond acceptors (Lipinski definition) is 3. The minimum Gasteiger partial charge on any atom is -0.359 e. The molecule has 6 nitrogen and oxygen atoms in total. The van der Waals surface area contributed by atoms with Gasteiger partial charge in [0.15, 0.2) is 5.11 Å². The Kier molecular flexibility index (Phi) is 4.13. The van der Waals surface area contributed by atoms with Gasteiger partial charge in [0.1, 0.15) is 5.54 Å². The highest BCUT2D eigenvalue weighted by Crippen LogP contribution is 2.27. The molecule has 7 heteroatoms. The van der Waals surface area contributed by atoms with Gasteiger partial charge >= 0.3 is 6.03 Å². The predicted octanol–water partition coefficient (Wildman–Crippen LogP) is 1.24. The quantitative estimate of drug-likeness (QED) is 0.579. The van der Waals surface area contributed by atoms with Gasteiger partial charge in [0.25, 0.3) is 5.91 Å². The highest BCUT2D eigenvalue weighted by molar-refractivity contribution is 7.80. The molecule has 1 aliphatic rings. The third-order valence-electron chi connectivity index (χ3n) is 3.18. The number of nitrogens with zero attached hydrogens (tertiary/aromatic N) is 1. The number of amides is 3. The van der Waals surface area contributed by atoms with Gasteiger partial charge in [0.05, 0.1) is 0 Å². The third kappa shape index (κ3) is 2.97. The summed E-state index contributed by atoms with van der Waals surface area (Å²) in [7, 11) is 0. The summed E-state index contributed by atoms with van der Waals surface area (Å²) in [5.74, 6) is -0.397. The van der Waals surface area contributed by atoms with Gasteiger partial charge in [-0.3, -0.25) is 10.2 Å². The van der Waals surface area contributed by atoms with Gasteiger partial charge in [-0.25, -0.2) is 4.79 Å². The van der Waals surface area contributed by atoms with Gasteiger partial charge in [-0.2, -0.15) is 5.01 Å². The lowest BCUT2D eigenvalue weighted by molar-refractivity contribution is -0.132. The molecule has 112 valence electrons. The lowest BCUT2D eigenvalue weighted by Crippen LogP contribution is -2.52. The van der Waals surface area contributed by atoms with Crippen LogP contribution in [0.5, 0.6) is 0 Å². The van der Waals surface area contributed by atoms with E-state index in [4.69, 9.17) is 12.2 Å². The van der Waals surface area contributed by atoms with E-state index in [-0.39, 0.29) is 11.2 Å². The molecular weight excluding hydrogens is 288 g/mol. The zero-order valence-electron chi connectivity index (χ0n) is 12.1. The molecule has 1 aliphatic heterocycles. The van der Waals surface area contributed by atoms with Crippen molar-refractivity contribution in [1.82, 2.24) is 21.1 Å². The molecule has 1 fully saturated rings. The summed E-state index contributed by atoms with van der Waals surface area (Å²) in [6, 6.07) is 8.66. The molecule has 1 aromatic carbocycles. The van der Waals surface area contributed by atoms with Crippen LogP contribution in [0, 0.1) is 0 Å².